The highest BCUT2D eigenvalue weighted by Gasteiger charge is 2.02. The molecular weight excluding hydrogens is 460 g/mol. The minimum atomic E-state index is 0.504. The van der Waals surface area contributed by atoms with Crippen molar-refractivity contribution < 1.29 is 4.79 Å². The molecule has 0 aliphatic carbocycles. The molecule has 0 radical (unpaired) electrons. The van der Waals surface area contributed by atoms with E-state index in [9.17, 15) is 4.79 Å². The number of unbranched alkanes of at least 4 members (excludes halogenated alkanes) is 27. The van der Waals surface area contributed by atoms with Gasteiger partial charge in [0.1, 0.15) is 5.78 Å². The summed E-state index contributed by atoms with van der Waals surface area (Å²) in [6.45, 7) is 4.58. The van der Waals surface area contributed by atoms with E-state index in [1.165, 1.54) is 173 Å². The first kappa shape index (κ1) is 37.4. The lowest BCUT2D eigenvalue weighted by Gasteiger charge is -2.04. The second kappa shape index (κ2) is 34.4. The van der Waals surface area contributed by atoms with Gasteiger partial charge >= 0.3 is 0 Å². The first-order chi connectivity index (χ1) is 18.8. The van der Waals surface area contributed by atoms with Crippen molar-refractivity contribution in [3.05, 3.63) is 12.2 Å². The summed E-state index contributed by atoms with van der Waals surface area (Å²) >= 11 is 0. The highest BCUT2D eigenvalue weighted by molar-refractivity contribution is 5.78. The first-order valence-electron chi connectivity index (χ1n) is 18.0. The van der Waals surface area contributed by atoms with Crippen molar-refractivity contribution in [1.29, 1.82) is 0 Å². The molecule has 0 N–H and O–H groups in total. The number of Topliss-reactive ketones (excluding diaryl/α,β-unsaturated/α-hetero) is 1. The summed E-state index contributed by atoms with van der Waals surface area (Å²) in [5.41, 5.74) is 0. The lowest BCUT2D eigenvalue weighted by molar-refractivity contribution is -0.119. The molecule has 1 heteroatoms. The lowest BCUT2D eigenvalue weighted by atomic mass is 10.0. The topological polar surface area (TPSA) is 17.1 Å². The summed E-state index contributed by atoms with van der Waals surface area (Å²) in [4.78, 5) is 12.1. The summed E-state index contributed by atoms with van der Waals surface area (Å²) in [7, 11) is 0. The molecule has 1 nitrogen and oxygen atoms in total. The number of allylic oxidation sites excluding steroid dienone is 2. The molecule has 0 aromatic rings. The highest BCUT2D eigenvalue weighted by atomic mass is 16.1. The maximum absolute atomic E-state index is 12.1. The summed E-state index contributed by atoms with van der Waals surface area (Å²) < 4.78 is 0. The van der Waals surface area contributed by atoms with Crippen LogP contribution >= 0.6 is 0 Å². The van der Waals surface area contributed by atoms with E-state index in [0.717, 1.165) is 32.1 Å². The molecule has 0 atom stereocenters. The standard InChI is InChI=1S/C37H72O/c1-3-5-7-9-11-13-15-17-18-19-20-21-22-24-26-28-30-32-34-36-37(38)35-33-31-29-27-25-23-16-14-12-10-8-6-4-2/h25,27H,3-24,26,28-36H2,1-2H3/b27-25-. The Labute approximate surface area is 241 Å². The summed E-state index contributed by atoms with van der Waals surface area (Å²) in [5, 5.41) is 0. The van der Waals surface area contributed by atoms with Crippen LogP contribution in [0, 0.1) is 0 Å². The van der Waals surface area contributed by atoms with E-state index in [0.29, 0.717) is 5.78 Å². The summed E-state index contributed by atoms with van der Waals surface area (Å²) in [6.07, 6.45) is 47.5. The van der Waals surface area contributed by atoms with Crippen LogP contribution in [0.1, 0.15) is 219 Å². The first-order valence-corrected chi connectivity index (χ1v) is 18.0. The Morgan fingerprint density at radius 1 is 0.342 bits per heavy atom. The maximum atomic E-state index is 12.1. The minimum Gasteiger partial charge on any atom is -0.300 e. The number of hydrogen-bond donors (Lipinski definition) is 0. The molecule has 0 saturated carbocycles. The Kier molecular flexibility index (Phi) is 33.9. The van der Waals surface area contributed by atoms with Gasteiger partial charge < -0.3 is 0 Å². The Morgan fingerprint density at radius 3 is 0.921 bits per heavy atom. The number of carbonyl (C=O) groups excluding carboxylic acids is 1. The van der Waals surface area contributed by atoms with Crippen molar-refractivity contribution in [2.24, 2.45) is 0 Å². The molecule has 226 valence electrons. The van der Waals surface area contributed by atoms with Crippen LogP contribution < -0.4 is 0 Å². The van der Waals surface area contributed by atoms with Gasteiger partial charge in [-0.05, 0) is 38.5 Å². The quantitative estimate of drug-likeness (QED) is 0.0606. The van der Waals surface area contributed by atoms with E-state index < -0.39 is 0 Å². The monoisotopic (exact) mass is 533 g/mol. The smallest absolute Gasteiger partial charge is 0.132 e. The van der Waals surface area contributed by atoms with Crippen molar-refractivity contribution in [1.82, 2.24) is 0 Å². The summed E-state index contributed by atoms with van der Waals surface area (Å²) in [5.74, 6) is 0.504. The van der Waals surface area contributed by atoms with E-state index >= 15 is 0 Å². The molecule has 0 rings (SSSR count). The van der Waals surface area contributed by atoms with Crippen LogP contribution in [0.2, 0.25) is 0 Å². The van der Waals surface area contributed by atoms with Crippen LogP contribution in [0.25, 0.3) is 0 Å². The zero-order valence-corrected chi connectivity index (χ0v) is 26.7. The molecule has 0 heterocycles. The van der Waals surface area contributed by atoms with Crippen molar-refractivity contribution in [3.8, 4) is 0 Å². The van der Waals surface area contributed by atoms with Crippen molar-refractivity contribution in [2.75, 3.05) is 0 Å². The summed E-state index contributed by atoms with van der Waals surface area (Å²) in [6, 6.07) is 0. The molecule has 0 spiro atoms. The van der Waals surface area contributed by atoms with Crippen molar-refractivity contribution in [2.45, 2.75) is 219 Å². The second-order valence-electron chi connectivity index (χ2n) is 12.3. The average molecular weight is 533 g/mol. The predicted octanol–water partition coefficient (Wildman–Crippen LogP) is 13.6. The van der Waals surface area contributed by atoms with E-state index in [1.807, 2.05) is 0 Å². The molecule has 0 amide bonds. The van der Waals surface area contributed by atoms with E-state index in [2.05, 4.69) is 26.0 Å². The fraction of sp³-hybridized carbons (Fsp3) is 0.919. The molecule has 0 unspecified atom stereocenters. The molecule has 0 fully saturated rings. The fourth-order valence-electron chi connectivity index (χ4n) is 5.56. The van der Waals surface area contributed by atoms with Gasteiger partial charge in [-0.3, -0.25) is 4.79 Å². The van der Waals surface area contributed by atoms with Gasteiger partial charge in [0.2, 0.25) is 0 Å². The molecule has 0 bridgehead atoms. The van der Waals surface area contributed by atoms with Gasteiger partial charge in [0.05, 0.1) is 0 Å². The zero-order valence-electron chi connectivity index (χ0n) is 26.7. The van der Waals surface area contributed by atoms with Gasteiger partial charge in [-0.1, -0.05) is 180 Å². The van der Waals surface area contributed by atoms with E-state index in [4.69, 9.17) is 0 Å². The Balaban J connectivity index is 3.18. The van der Waals surface area contributed by atoms with Crippen molar-refractivity contribution in [3.63, 3.8) is 0 Å². The van der Waals surface area contributed by atoms with Gasteiger partial charge in [-0.25, -0.2) is 0 Å². The molecule has 0 aliphatic rings. The van der Waals surface area contributed by atoms with Gasteiger partial charge in [0.25, 0.3) is 0 Å². The molecular formula is C37H72O. The lowest BCUT2D eigenvalue weighted by Crippen LogP contribution is -1.97. The fourth-order valence-corrected chi connectivity index (χ4v) is 5.56. The average Bonchev–Trinajstić information content (AvgIpc) is 2.92. The molecule has 0 saturated heterocycles. The normalized spacial score (nSPS) is 11.6. The van der Waals surface area contributed by atoms with Crippen LogP contribution in [0.4, 0.5) is 0 Å². The Morgan fingerprint density at radius 2 is 0.579 bits per heavy atom. The number of ketones is 1. The Hall–Kier alpha value is -0.590. The van der Waals surface area contributed by atoms with Crippen molar-refractivity contribution >= 4 is 5.78 Å². The van der Waals surface area contributed by atoms with Gasteiger partial charge in [-0.2, -0.15) is 0 Å². The van der Waals surface area contributed by atoms with E-state index in [-0.39, 0.29) is 0 Å². The predicted molar refractivity (Wildman–Crippen MR) is 173 cm³/mol. The van der Waals surface area contributed by atoms with E-state index in [1.54, 1.807) is 0 Å². The third-order valence-corrected chi connectivity index (χ3v) is 8.28. The SMILES string of the molecule is CCCCCCCCC/C=C\CCCCC(=O)CCCCCCCCCCCCCCCCCCCCC. The number of carbonyl (C=O) groups is 1. The number of rotatable bonds is 33. The van der Waals surface area contributed by atoms with Crippen LogP contribution in [-0.2, 0) is 4.79 Å². The van der Waals surface area contributed by atoms with Crippen LogP contribution in [0.5, 0.6) is 0 Å². The second-order valence-corrected chi connectivity index (χ2v) is 12.3. The van der Waals surface area contributed by atoms with Gasteiger partial charge in [0, 0.05) is 12.8 Å². The third-order valence-electron chi connectivity index (χ3n) is 8.28. The molecule has 0 aromatic carbocycles. The third kappa shape index (κ3) is 33.4. The van der Waals surface area contributed by atoms with Crippen LogP contribution in [0.3, 0.4) is 0 Å². The molecule has 38 heavy (non-hydrogen) atoms. The van der Waals surface area contributed by atoms with Gasteiger partial charge in [0.15, 0.2) is 0 Å². The largest absolute Gasteiger partial charge is 0.300 e. The maximum Gasteiger partial charge on any atom is 0.132 e. The van der Waals surface area contributed by atoms with Crippen LogP contribution in [0.15, 0.2) is 12.2 Å². The zero-order chi connectivity index (χ0) is 27.6. The minimum absolute atomic E-state index is 0.504. The molecule has 0 aromatic heterocycles. The number of hydrogen-bond acceptors (Lipinski definition) is 1. The highest BCUT2D eigenvalue weighted by Crippen LogP contribution is 2.15. The molecule has 0 aliphatic heterocycles. The van der Waals surface area contributed by atoms with Crippen LogP contribution in [-0.4, -0.2) is 5.78 Å². The van der Waals surface area contributed by atoms with Gasteiger partial charge in [-0.15, -0.1) is 0 Å². The Bertz CT molecular complexity index is 465.